The molecule has 5 saturated carbocycles. The number of thiol groups is 1. The van der Waals surface area contributed by atoms with Gasteiger partial charge in [-0.25, -0.2) is 0 Å². The third kappa shape index (κ3) is 7.69. The maximum absolute atomic E-state index is 5.73. The minimum absolute atomic E-state index is 0.599. The van der Waals surface area contributed by atoms with Crippen LogP contribution in [0.2, 0.25) is 12.1 Å². The normalized spacial score (nSPS) is 45.5. The monoisotopic (exact) mass is 623 g/mol. The zero-order valence-corrected chi connectivity index (χ0v) is 31.9. The van der Waals surface area contributed by atoms with Gasteiger partial charge >= 0.3 is 0 Å². The molecule has 0 amide bonds. The molecule has 2 bridgehead atoms. The van der Waals surface area contributed by atoms with Gasteiger partial charge in [0.2, 0.25) is 0 Å². The van der Waals surface area contributed by atoms with Gasteiger partial charge in [0.1, 0.15) is 15.7 Å². The van der Waals surface area contributed by atoms with E-state index in [-0.39, 0.29) is 0 Å². The summed E-state index contributed by atoms with van der Waals surface area (Å²) in [5.41, 5.74) is 0. The smallest absolute Gasteiger partial charge is 0.106 e. The fourth-order valence-electron chi connectivity index (χ4n) is 13.5. The summed E-state index contributed by atoms with van der Waals surface area (Å²) in [6.07, 6.45) is 27.0. The van der Waals surface area contributed by atoms with E-state index < -0.39 is 0 Å². The number of hydrogen-bond donors (Lipinski definition) is 1. The highest BCUT2D eigenvalue weighted by atomic mass is 32.1. The molecule has 0 aromatic carbocycles. The van der Waals surface area contributed by atoms with Crippen LogP contribution in [0.3, 0.4) is 0 Å². The molecule has 0 saturated heterocycles. The molecule has 5 fully saturated rings. The second kappa shape index (κ2) is 16.3. The van der Waals surface area contributed by atoms with Gasteiger partial charge in [0.05, 0.1) is 0 Å². The molecule has 5 aliphatic carbocycles. The average molecular weight is 623 g/mol. The second-order valence-electron chi connectivity index (χ2n) is 18.7. The van der Waals surface area contributed by atoms with Crippen LogP contribution in [0.5, 0.6) is 0 Å². The third-order valence-electron chi connectivity index (χ3n) is 16.2. The second-order valence-corrected chi connectivity index (χ2v) is 19.3. The molecule has 0 N–H and O–H groups in total. The van der Waals surface area contributed by atoms with Crippen molar-refractivity contribution >= 4 is 28.3 Å². The first-order valence-corrected chi connectivity index (χ1v) is 21.4. The molecule has 0 aromatic heterocycles. The lowest BCUT2D eigenvalue weighted by molar-refractivity contribution is 0.0490. The Morgan fingerprint density at radius 3 is 2.14 bits per heavy atom. The largest absolute Gasteiger partial charge is 0.175 e. The Balaban J connectivity index is 1.47. The van der Waals surface area contributed by atoms with Gasteiger partial charge in [0.15, 0.2) is 0 Å². The van der Waals surface area contributed by atoms with Gasteiger partial charge in [0, 0.05) is 5.25 Å². The van der Waals surface area contributed by atoms with E-state index in [4.69, 9.17) is 12.6 Å². The van der Waals surface area contributed by atoms with Crippen LogP contribution in [0.25, 0.3) is 0 Å². The van der Waals surface area contributed by atoms with Gasteiger partial charge < -0.3 is 0 Å². The van der Waals surface area contributed by atoms with Crippen molar-refractivity contribution in [1.82, 2.24) is 0 Å². The van der Waals surface area contributed by atoms with Gasteiger partial charge in [-0.2, -0.15) is 12.6 Å². The minimum atomic E-state index is 0.599. The van der Waals surface area contributed by atoms with Gasteiger partial charge in [-0.15, -0.1) is 0 Å². The van der Waals surface area contributed by atoms with E-state index in [1.165, 1.54) is 83.4 Å². The summed E-state index contributed by atoms with van der Waals surface area (Å²) >= 11 is 5.73. The summed E-state index contributed by atoms with van der Waals surface area (Å²) in [5, 5.41) is 0.599. The van der Waals surface area contributed by atoms with Crippen molar-refractivity contribution < 1.29 is 0 Å². The van der Waals surface area contributed by atoms with E-state index in [0.717, 1.165) is 94.6 Å². The van der Waals surface area contributed by atoms with E-state index >= 15 is 0 Å². The topological polar surface area (TPSA) is 0 Å². The van der Waals surface area contributed by atoms with Crippen LogP contribution < -0.4 is 0 Å². The van der Waals surface area contributed by atoms with Crippen LogP contribution >= 0.6 is 12.6 Å². The van der Waals surface area contributed by atoms with Crippen LogP contribution in [0.4, 0.5) is 0 Å². The Hall–Kier alpha value is 0.480. The molecular weight excluding hydrogens is 546 g/mol. The summed E-state index contributed by atoms with van der Waals surface area (Å²) in [7, 11) is 5.21. The van der Waals surface area contributed by atoms with Crippen LogP contribution in [0, 0.1) is 88.8 Å². The Morgan fingerprint density at radius 1 is 0.750 bits per heavy atom. The van der Waals surface area contributed by atoms with Gasteiger partial charge in [-0.3, -0.25) is 0 Å². The van der Waals surface area contributed by atoms with Gasteiger partial charge in [0.25, 0.3) is 0 Å². The number of fused-ring (bicyclic) bond motifs is 5. The lowest BCUT2D eigenvalue weighted by atomic mass is 9.59. The highest BCUT2D eigenvalue weighted by Gasteiger charge is 2.52. The molecule has 0 aromatic rings. The van der Waals surface area contributed by atoms with Crippen molar-refractivity contribution in [3.05, 3.63) is 0 Å². The predicted octanol–water partition coefficient (Wildman–Crippen LogP) is 10.8. The Morgan fingerprint density at radius 2 is 1.45 bits per heavy atom. The summed E-state index contributed by atoms with van der Waals surface area (Å²) in [4.78, 5) is 0. The molecular formula is C41H76B2S. The highest BCUT2D eigenvalue weighted by Crippen LogP contribution is 2.60. The molecule has 5 aliphatic rings. The first-order valence-electron chi connectivity index (χ1n) is 20.8. The van der Waals surface area contributed by atoms with Crippen molar-refractivity contribution in [3.8, 4) is 0 Å². The molecule has 252 valence electrons. The molecule has 0 radical (unpaired) electrons. The predicted molar refractivity (Wildman–Crippen MR) is 203 cm³/mol. The van der Waals surface area contributed by atoms with E-state index in [1.807, 2.05) is 0 Å². The van der Waals surface area contributed by atoms with Crippen LogP contribution in [-0.2, 0) is 0 Å². The van der Waals surface area contributed by atoms with Gasteiger partial charge in [-0.1, -0.05) is 118 Å². The molecule has 0 aliphatic heterocycles. The quantitative estimate of drug-likeness (QED) is 0.202. The van der Waals surface area contributed by atoms with E-state index in [9.17, 15) is 0 Å². The number of rotatable bonds is 8. The molecule has 0 spiro atoms. The van der Waals surface area contributed by atoms with E-state index in [0.29, 0.717) is 5.25 Å². The van der Waals surface area contributed by atoms with Crippen molar-refractivity contribution in [3.63, 3.8) is 0 Å². The van der Waals surface area contributed by atoms with E-state index in [2.05, 4.69) is 57.2 Å². The molecule has 44 heavy (non-hydrogen) atoms. The zero-order valence-electron chi connectivity index (χ0n) is 31.0. The Kier molecular flexibility index (Phi) is 13.2. The van der Waals surface area contributed by atoms with Crippen LogP contribution in [-0.4, -0.2) is 20.9 Å². The minimum Gasteiger partial charge on any atom is -0.175 e. The molecule has 0 nitrogen and oxygen atoms in total. The highest BCUT2D eigenvalue weighted by molar-refractivity contribution is 7.81. The van der Waals surface area contributed by atoms with Crippen molar-refractivity contribution in [2.75, 3.05) is 0 Å². The van der Waals surface area contributed by atoms with Crippen molar-refractivity contribution in [2.24, 2.45) is 88.8 Å². The summed E-state index contributed by atoms with van der Waals surface area (Å²) in [6.45, 7) is 15.6. The van der Waals surface area contributed by atoms with E-state index in [1.54, 1.807) is 32.1 Å². The summed E-state index contributed by atoms with van der Waals surface area (Å²) in [6, 6.07) is 0. The Bertz CT molecular complexity index is 854. The van der Waals surface area contributed by atoms with Crippen LogP contribution in [0.1, 0.15) is 151 Å². The fourth-order valence-corrected chi connectivity index (χ4v) is 14.3. The summed E-state index contributed by atoms with van der Waals surface area (Å²) in [5.74, 6) is 14.8. The average Bonchev–Trinajstić information content (AvgIpc) is 3.32. The van der Waals surface area contributed by atoms with Crippen LogP contribution in [0.15, 0.2) is 0 Å². The third-order valence-corrected chi connectivity index (χ3v) is 17.0. The zero-order chi connectivity index (χ0) is 31.5. The SMILES string of the molecule is BCCC1C(C)C2CCCC3C(CC(CC(C)CC)C(B)C(CC1C(C)C)C2S)CC1CCCC(C(C)C2CCCCC2)C13. The first kappa shape index (κ1) is 35.8. The molecule has 3 heteroatoms. The van der Waals surface area contributed by atoms with Gasteiger partial charge in [-0.05, 0) is 134 Å². The maximum Gasteiger partial charge on any atom is 0.106 e. The molecule has 0 heterocycles. The lowest BCUT2D eigenvalue weighted by Crippen LogP contribution is -2.37. The maximum atomic E-state index is 5.73. The molecule has 15 unspecified atom stereocenters. The van der Waals surface area contributed by atoms with Crippen molar-refractivity contribution in [1.29, 1.82) is 0 Å². The number of hydrogen-bond acceptors (Lipinski definition) is 1. The summed E-state index contributed by atoms with van der Waals surface area (Å²) < 4.78 is 0. The fraction of sp³-hybridized carbons (Fsp3) is 1.00. The molecule has 5 rings (SSSR count). The standard InChI is InChI=1S/C41H76B2S/c1-7-26(4)21-32-23-31-22-30-15-11-16-34(27(5)29-13-9-8-10-14-29)39(30)36(31)18-12-17-35-28(6)33(19-20-42)37(25(2)3)24-38(40(32)43)41(35)44/h25-41,44H,7-24,42-43H2,1-6H3. The molecule has 15 atom stereocenters. The Labute approximate surface area is 284 Å². The van der Waals surface area contributed by atoms with Crippen molar-refractivity contribution in [2.45, 2.75) is 168 Å². The first-order chi connectivity index (χ1) is 21.2. The lowest BCUT2D eigenvalue weighted by Gasteiger charge is -2.44.